The van der Waals surface area contributed by atoms with Crippen LogP contribution in [0.3, 0.4) is 0 Å². The van der Waals surface area contributed by atoms with E-state index < -0.39 is 0 Å². The zero-order chi connectivity index (χ0) is 19.8. The van der Waals surface area contributed by atoms with E-state index in [9.17, 15) is 0 Å². The molecule has 0 atom stereocenters. The first-order valence-electron chi connectivity index (χ1n) is 10.0. The van der Waals surface area contributed by atoms with Crippen molar-refractivity contribution < 1.29 is 0 Å². The largest absolute Gasteiger partial charge is 0.352 e. The van der Waals surface area contributed by atoms with Gasteiger partial charge in [0.15, 0.2) is 5.96 Å². The van der Waals surface area contributed by atoms with Crippen LogP contribution in [-0.2, 0) is 19.6 Å². The van der Waals surface area contributed by atoms with Crippen LogP contribution in [0.5, 0.6) is 0 Å². The number of thiazole rings is 1. The standard InChI is InChI=1S/C21H32N6S/c1-4-26-9-11-27(12-10-26)16-19-7-5-18(6-8-19)14-24-21(22-3)25-15-20-23-13-17(2)28-20/h5-8,13H,4,9-12,14-16H2,1-3H3,(H2,22,24,25). The summed E-state index contributed by atoms with van der Waals surface area (Å²) < 4.78 is 0. The fourth-order valence-electron chi connectivity index (χ4n) is 3.33. The van der Waals surface area contributed by atoms with Gasteiger partial charge in [-0.3, -0.25) is 9.89 Å². The van der Waals surface area contributed by atoms with Crippen molar-refractivity contribution in [3.05, 3.63) is 51.5 Å². The van der Waals surface area contributed by atoms with Gasteiger partial charge in [0, 0.05) is 57.4 Å². The molecule has 28 heavy (non-hydrogen) atoms. The number of nitrogens with zero attached hydrogens (tertiary/aromatic N) is 4. The topological polar surface area (TPSA) is 55.8 Å². The zero-order valence-corrected chi connectivity index (χ0v) is 18.1. The summed E-state index contributed by atoms with van der Waals surface area (Å²) in [6.07, 6.45) is 1.91. The average molecular weight is 401 g/mol. The fraction of sp³-hybridized carbons (Fsp3) is 0.524. The Kier molecular flexibility index (Phi) is 7.82. The lowest BCUT2D eigenvalue weighted by molar-refractivity contribution is 0.132. The molecule has 0 saturated carbocycles. The van der Waals surface area contributed by atoms with Crippen molar-refractivity contribution in [1.82, 2.24) is 25.4 Å². The molecule has 0 bridgehead atoms. The molecule has 0 radical (unpaired) electrons. The molecule has 0 unspecified atom stereocenters. The highest BCUT2D eigenvalue weighted by atomic mass is 32.1. The van der Waals surface area contributed by atoms with E-state index in [1.807, 2.05) is 6.20 Å². The number of piperazine rings is 1. The minimum atomic E-state index is 0.697. The lowest BCUT2D eigenvalue weighted by Gasteiger charge is -2.34. The first-order chi connectivity index (χ1) is 13.7. The van der Waals surface area contributed by atoms with E-state index in [1.165, 1.54) is 29.1 Å². The molecule has 1 aliphatic heterocycles. The summed E-state index contributed by atoms with van der Waals surface area (Å²) in [6, 6.07) is 8.92. The number of benzene rings is 1. The number of aryl methyl sites for hydroxylation is 1. The zero-order valence-electron chi connectivity index (χ0n) is 17.2. The Balaban J connectivity index is 1.42. The molecule has 1 aromatic carbocycles. The fourth-order valence-corrected chi connectivity index (χ4v) is 4.06. The van der Waals surface area contributed by atoms with Crippen molar-refractivity contribution in [2.45, 2.75) is 33.5 Å². The number of nitrogens with one attached hydrogen (secondary N) is 2. The molecule has 0 amide bonds. The number of hydrogen-bond acceptors (Lipinski definition) is 5. The molecule has 2 N–H and O–H groups in total. The Bertz CT molecular complexity index is 747. The smallest absolute Gasteiger partial charge is 0.191 e. The molecule has 7 heteroatoms. The number of hydrogen-bond donors (Lipinski definition) is 2. The molecular formula is C21H32N6S. The minimum absolute atomic E-state index is 0.697. The monoisotopic (exact) mass is 400 g/mol. The van der Waals surface area contributed by atoms with E-state index in [4.69, 9.17) is 0 Å². The van der Waals surface area contributed by atoms with Gasteiger partial charge in [-0.25, -0.2) is 4.98 Å². The Labute approximate surface area is 172 Å². The maximum Gasteiger partial charge on any atom is 0.191 e. The van der Waals surface area contributed by atoms with Crippen molar-refractivity contribution in [1.29, 1.82) is 0 Å². The lowest BCUT2D eigenvalue weighted by Crippen LogP contribution is -2.45. The highest BCUT2D eigenvalue weighted by Crippen LogP contribution is 2.11. The average Bonchev–Trinajstić information content (AvgIpc) is 3.15. The maximum atomic E-state index is 4.37. The lowest BCUT2D eigenvalue weighted by atomic mass is 10.1. The van der Waals surface area contributed by atoms with Crippen molar-refractivity contribution in [3.8, 4) is 0 Å². The molecule has 152 valence electrons. The van der Waals surface area contributed by atoms with E-state index in [0.717, 1.165) is 43.7 Å². The maximum absolute atomic E-state index is 4.37. The van der Waals surface area contributed by atoms with Gasteiger partial charge in [0.05, 0.1) is 6.54 Å². The van der Waals surface area contributed by atoms with Crippen LogP contribution >= 0.6 is 11.3 Å². The molecule has 2 heterocycles. The SMILES string of the molecule is CCN1CCN(Cc2ccc(CNC(=NC)NCc3ncc(C)s3)cc2)CC1. The Morgan fingerprint density at radius 1 is 1.04 bits per heavy atom. The molecule has 1 saturated heterocycles. The number of aromatic nitrogens is 1. The summed E-state index contributed by atoms with van der Waals surface area (Å²) in [5.74, 6) is 0.797. The molecule has 2 aromatic rings. The van der Waals surface area contributed by atoms with Crippen molar-refractivity contribution >= 4 is 17.3 Å². The van der Waals surface area contributed by atoms with Crippen LogP contribution in [0.15, 0.2) is 35.5 Å². The molecular weight excluding hydrogens is 368 g/mol. The highest BCUT2D eigenvalue weighted by molar-refractivity contribution is 7.11. The van der Waals surface area contributed by atoms with Gasteiger partial charge in [-0.2, -0.15) is 0 Å². The van der Waals surface area contributed by atoms with Crippen molar-refractivity contribution in [2.24, 2.45) is 4.99 Å². The second-order valence-electron chi connectivity index (χ2n) is 7.17. The van der Waals surface area contributed by atoms with Gasteiger partial charge >= 0.3 is 0 Å². The van der Waals surface area contributed by atoms with Gasteiger partial charge in [0.1, 0.15) is 5.01 Å². The number of likely N-dealkylation sites (N-methyl/N-ethyl adjacent to an activating group) is 1. The van der Waals surface area contributed by atoms with Crippen LogP contribution in [0.1, 0.15) is 27.9 Å². The molecule has 0 spiro atoms. The van der Waals surface area contributed by atoms with E-state index in [-0.39, 0.29) is 0 Å². The quantitative estimate of drug-likeness (QED) is 0.552. The third-order valence-corrected chi connectivity index (χ3v) is 6.01. The molecule has 1 aliphatic rings. The van der Waals surface area contributed by atoms with E-state index in [1.54, 1.807) is 18.4 Å². The third kappa shape index (κ3) is 6.29. The van der Waals surface area contributed by atoms with Gasteiger partial charge in [-0.1, -0.05) is 31.2 Å². The summed E-state index contributed by atoms with van der Waals surface area (Å²) in [4.78, 5) is 15.0. The first-order valence-corrected chi connectivity index (χ1v) is 10.9. The van der Waals surface area contributed by atoms with Crippen molar-refractivity contribution in [2.75, 3.05) is 39.8 Å². The van der Waals surface area contributed by atoms with Gasteiger partial charge in [0.2, 0.25) is 0 Å². The Morgan fingerprint density at radius 2 is 1.68 bits per heavy atom. The Hall–Kier alpha value is -1.96. The normalized spacial score (nSPS) is 16.3. The summed E-state index contributed by atoms with van der Waals surface area (Å²) in [5, 5.41) is 7.77. The van der Waals surface area contributed by atoms with Gasteiger partial charge in [0.25, 0.3) is 0 Å². The van der Waals surface area contributed by atoms with Gasteiger partial charge in [-0.05, 0) is 24.6 Å². The van der Waals surface area contributed by atoms with Crippen molar-refractivity contribution in [3.63, 3.8) is 0 Å². The Morgan fingerprint density at radius 3 is 2.29 bits per heavy atom. The van der Waals surface area contributed by atoms with Crippen LogP contribution in [-0.4, -0.2) is 60.5 Å². The van der Waals surface area contributed by atoms with E-state index >= 15 is 0 Å². The predicted octanol–water partition coefficient (Wildman–Crippen LogP) is 2.45. The predicted molar refractivity (Wildman–Crippen MR) is 118 cm³/mol. The minimum Gasteiger partial charge on any atom is -0.352 e. The molecule has 1 fully saturated rings. The summed E-state index contributed by atoms with van der Waals surface area (Å²) in [5.41, 5.74) is 2.64. The van der Waals surface area contributed by atoms with Crippen LogP contribution in [0.4, 0.5) is 0 Å². The van der Waals surface area contributed by atoms with Crippen LogP contribution < -0.4 is 10.6 Å². The second kappa shape index (κ2) is 10.5. The van der Waals surface area contributed by atoms with E-state index in [0.29, 0.717) is 6.54 Å². The number of guanidine groups is 1. The number of rotatable bonds is 7. The van der Waals surface area contributed by atoms with E-state index in [2.05, 4.69) is 68.5 Å². The molecule has 3 rings (SSSR count). The molecule has 1 aromatic heterocycles. The van der Waals surface area contributed by atoms with Gasteiger partial charge < -0.3 is 15.5 Å². The molecule has 6 nitrogen and oxygen atoms in total. The third-order valence-electron chi connectivity index (χ3n) is 5.10. The molecule has 0 aliphatic carbocycles. The van der Waals surface area contributed by atoms with Crippen LogP contribution in [0.2, 0.25) is 0 Å². The summed E-state index contributed by atoms with van der Waals surface area (Å²) in [6.45, 7) is 12.7. The second-order valence-corrected chi connectivity index (χ2v) is 8.49. The van der Waals surface area contributed by atoms with Gasteiger partial charge in [-0.15, -0.1) is 11.3 Å². The number of aliphatic imine (C=N–C) groups is 1. The summed E-state index contributed by atoms with van der Waals surface area (Å²) >= 11 is 1.71. The van der Waals surface area contributed by atoms with Crippen LogP contribution in [0, 0.1) is 6.92 Å². The first kappa shape index (κ1) is 20.8. The van der Waals surface area contributed by atoms with Crippen LogP contribution in [0.25, 0.3) is 0 Å². The highest BCUT2D eigenvalue weighted by Gasteiger charge is 2.15. The summed E-state index contributed by atoms with van der Waals surface area (Å²) in [7, 11) is 1.80.